The van der Waals surface area contributed by atoms with E-state index in [0.717, 1.165) is 17.9 Å². The van der Waals surface area contributed by atoms with Gasteiger partial charge in [0.2, 0.25) is 0 Å². The summed E-state index contributed by atoms with van der Waals surface area (Å²) in [4.78, 5) is 4.24. The standard InChI is InChI=1S/C12H15IN4/c1-2-17-12(15-8-16-17)7-11(14)9-3-5-10(13)6-4-9/h3-6,8,11H,2,7,14H2,1H3. The normalized spacial score (nSPS) is 12.6. The van der Waals surface area contributed by atoms with Crippen LogP contribution < -0.4 is 5.73 Å². The molecule has 5 heteroatoms. The second-order valence-corrected chi connectivity index (χ2v) is 5.10. The fraction of sp³-hybridized carbons (Fsp3) is 0.333. The number of benzene rings is 1. The molecule has 0 saturated carbocycles. The fourth-order valence-corrected chi connectivity index (χ4v) is 2.09. The highest BCUT2D eigenvalue weighted by Crippen LogP contribution is 2.16. The summed E-state index contributed by atoms with van der Waals surface area (Å²) >= 11 is 2.29. The van der Waals surface area contributed by atoms with E-state index in [1.54, 1.807) is 6.33 Å². The van der Waals surface area contributed by atoms with Crippen molar-refractivity contribution in [3.63, 3.8) is 0 Å². The van der Waals surface area contributed by atoms with Crippen LogP contribution in [-0.4, -0.2) is 14.8 Å². The number of rotatable bonds is 4. The Balaban J connectivity index is 2.11. The van der Waals surface area contributed by atoms with E-state index in [-0.39, 0.29) is 6.04 Å². The minimum atomic E-state index is -0.0264. The number of hydrogen-bond acceptors (Lipinski definition) is 3. The van der Waals surface area contributed by atoms with Gasteiger partial charge in [-0.1, -0.05) is 12.1 Å². The molecule has 0 spiro atoms. The molecule has 2 rings (SSSR count). The first-order chi connectivity index (χ1) is 8.20. The maximum Gasteiger partial charge on any atom is 0.138 e. The van der Waals surface area contributed by atoms with Gasteiger partial charge < -0.3 is 5.73 Å². The van der Waals surface area contributed by atoms with Crippen LogP contribution in [0.15, 0.2) is 30.6 Å². The molecule has 0 bridgehead atoms. The molecule has 0 aliphatic rings. The van der Waals surface area contributed by atoms with Gasteiger partial charge in [0.15, 0.2) is 0 Å². The number of hydrogen-bond donors (Lipinski definition) is 1. The van der Waals surface area contributed by atoms with E-state index in [1.165, 1.54) is 3.57 Å². The Morgan fingerprint density at radius 3 is 2.71 bits per heavy atom. The van der Waals surface area contributed by atoms with Gasteiger partial charge in [-0.2, -0.15) is 5.10 Å². The Hall–Kier alpha value is -0.950. The number of nitrogens with two attached hydrogens (primary N) is 1. The van der Waals surface area contributed by atoms with Crippen molar-refractivity contribution in [2.75, 3.05) is 0 Å². The zero-order valence-electron chi connectivity index (χ0n) is 9.68. The monoisotopic (exact) mass is 342 g/mol. The van der Waals surface area contributed by atoms with E-state index in [2.05, 4.69) is 63.9 Å². The summed E-state index contributed by atoms with van der Waals surface area (Å²) in [5, 5.41) is 4.14. The zero-order valence-corrected chi connectivity index (χ0v) is 11.8. The van der Waals surface area contributed by atoms with E-state index in [0.29, 0.717) is 6.42 Å². The van der Waals surface area contributed by atoms with Crippen molar-refractivity contribution in [3.05, 3.63) is 45.6 Å². The average Bonchev–Trinajstić information content (AvgIpc) is 2.77. The van der Waals surface area contributed by atoms with Crippen LogP contribution in [0.4, 0.5) is 0 Å². The Morgan fingerprint density at radius 2 is 2.06 bits per heavy atom. The Kier molecular flexibility index (Phi) is 4.11. The molecule has 1 aromatic heterocycles. The zero-order chi connectivity index (χ0) is 12.3. The summed E-state index contributed by atoms with van der Waals surface area (Å²) in [5.41, 5.74) is 7.31. The molecule has 90 valence electrons. The van der Waals surface area contributed by atoms with Gasteiger partial charge in [0, 0.05) is 22.6 Å². The van der Waals surface area contributed by atoms with Crippen molar-refractivity contribution >= 4 is 22.6 Å². The molecule has 0 fully saturated rings. The van der Waals surface area contributed by atoms with Crippen molar-refractivity contribution in [2.45, 2.75) is 25.9 Å². The minimum Gasteiger partial charge on any atom is -0.324 e. The molecule has 0 radical (unpaired) electrons. The van der Waals surface area contributed by atoms with Crippen molar-refractivity contribution in [1.82, 2.24) is 14.8 Å². The van der Waals surface area contributed by atoms with Gasteiger partial charge in [0.05, 0.1) is 0 Å². The molecular weight excluding hydrogens is 327 g/mol. The summed E-state index contributed by atoms with van der Waals surface area (Å²) in [6.45, 7) is 2.88. The largest absolute Gasteiger partial charge is 0.324 e. The predicted molar refractivity (Wildman–Crippen MR) is 75.5 cm³/mol. The third-order valence-corrected chi connectivity index (χ3v) is 3.42. The molecule has 0 aliphatic carbocycles. The Labute approximate surface area is 114 Å². The second-order valence-electron chi connectivity index (χ2n) is 3.85. The lowest BCUT2D eigenvalue weighted by Gasteiger charge is -2.12. The third-order valence-electron chi connectivity index (χ3n) is 2.70. The Bertz CT molecular complexity index is 478. The van der Waals surface area contributed by atoms with Crippen molar-refractivity contribution in [1.29, 1.82) is 0 Å². The molecule has 1 atom stereocenters. The van der Waals surface area contributed by atoms with Gasteiger partial charge in [0.25, 0.3) is 0 Å². The van der Waals surface area contributed by atoms with E-state index in [4.69, 9.17) is 5.73 Å². The quantitative estimate of drug-likeness (QED) is 0.867. The summed E-state index contributed by atoms with van der Waals surface area (Å²) in [5.74, 6) is 0.943. The highest BCUT2D eigenvalue weighted by molar-refractivity contribution is 14.1. The van der Waals surface area contributed by atoms with E-state index < -0.39 is 0 Å². The third kappa shape index (κ3) is 3.04. The fourth-order valence-electron chi connectivity index (χ4n) is 1.73. The Morgan fingerprint density at radius 1 is 1.35 bits per heavy atom. The maximum atomic E-state index is 6.18. The van der Waals surface area contributed by atoms with Crippen LogP contribution in [0.2, 0.25) is 0 Å². The molecule has 17 heavy (non-hydrogen) atoms. The van der Waals surface area contributed by atoms with Gasteiger partial charge in [-0.3, -0.25) is 4.68 Å². The van der Waals surface area contributed by atoms with E-state index >= 15 is 0 Å². The van der Waals surface area contributed by atoms with Crippen LogP contribution in [0.3, 0.4) is 0 Å². The number of aryl methyl sites for hydroxylation is 1. The number of aromatic nitrogens is 3. The van der Waals surface area contributed by atoms with E-state index in [1.807, 2.05) is 4.68 Å². The van der Waals surface area contributed by atoms with Crippen molar-refractivity contribution in [3.8, 4) is 0 Å². The topological polar surface area (TPSA) is 56.7 Å². The SMILES string of the molecule is CCn1ncnc1CC(N)c1ccc(I)cc1. The first kappa shape index (κ1) is 12.5. The summed E-state index contributed by atoms with van der Waals surface area (Å²) in [7, 11) is 0. The number of halogens is 1. The van der Waals surface area contributed by atoms with Gasteiger partial charge in [-0.25, -0.2) is 4.98 Å². The lowest BCUT2D eigenvalue weighted by Crippen LogP contribution is -2.16. The van der Waals surface area contributed by atoms with Gasteiger partial charge in [-0.15, -0.1) is 0 Å². The lowest BCUT2D eigenvalue weighted by atomic mass is 10.0. The predicted octanol–water partition coefficient (Wildman–Crippen LogP) is 2.15. The first-order valence-electron chi connectivity index (χ1n) is 5.58. The lowest BCUT2D eigenvalue weighted by molar-refractivity contribution is 0.581. The van der Waals surface area contributed by atoms with Crippen LogP contribution in [0.1, 0.15) is 24.4 Å². The molecule has 1 unspecified atom stereocenters. The molecular formula is C12H15IN4. The van der Waals surface area contributed by atoms with Gasteiger partial charge in [0.1, 0.15) is 12.2 Å². The first-order valence-corrected chi connectivity index (χ1v) is 6.66. The molecule has 1 heterocycles. The molecule has 2 N–H and O–H groups in total. The highest BCUT2D eigenvalue weighted by atomic mass is 127. The number of nitrogens with zero attached hydrogens (tertiary/aromatic N) is 3. The average molecular weight is 342 g/mol. The molecule has 2 aromatic rings. The van der Waals surface area contributed by atoms with Crippen molar-refractivity contribution in [2.24, 2.45) is 5.73 Å². The molecule has 0 amide bonds. The molecule has 0 saturated heterocycles. The highest BCUT2D eigenvalue weighted by Gasteiger charge is 2.11. The second kappa shape index (κ2) is 5.59. The molecule has 1 aromatic carbocycles. The van der Waals surface area contributed by atoms with Crippen LogP contribution in [0.25, 0.3) is 0 Å². The van der Waals surface area contributed by atoms with Crippen LogP contribution >= 0.6 is 22.6 Å². The van der Waals surface area contributed by atoms with Gasteiger partial charge >= 0.3 is 0 Å². The van der Waals surface area contributed by atoms with E-state index in [9.17, 15) is 0 Å². The smallest absolute Gasteiger partial charge is 0.138 e. The van der Waals surface area contributed by atoms with Crippen molar-refractivity contribution < 1.29 is 0 Å². The molecule has 0 aliphatic heterocycles. The molecule has 4 nitrogen and oxygen atoms in total. The van der Waals surface area contributed by atoms with Crippen LogP contribution in [0, 0.1) is 3.57 Å². The van der Waals surface area contributed by atoms with Gasteiger partial charge in [-0.05, 0) is 47.2 Å². The summed E-state index contributed by atoms with van der Waals surface area (Å²) in [6.07, 6.45) is 2.30. The minimum absolute atomic E-state index is 0.0264. The van der Waals surface area contributed by atoms with Crippen LogP contribution in [0.5, 0.6) is 0 Å². The van der Waals surface area contributed by atoms with Crippen LogP contribution in [-0.2, 0) is 13.0 Å². The maximum absolute atomic E-state index is 6.18. The summed E-state index contributed by atoms with van der Waals surface area (Å²) in [6, 6.07) is 8.25. The summed E-state index contributed by atoms with van der Waals surface area (Å²) < 4.78 is 3.10.